The lowest BCUT2D eigenvalue weighted by Crippen LogP contribution is -2.25. The van der Waals surface area contributed by atoms with Crippen LogP contribution in [0.4, 0.5) is 5.69 Å². The number of anilines is 1. The Hall–Kier alpha value is -3.00. The summed E-state index contributed by atoms with van der Waals surface area (Å²) in [6.07, 6.45) is -0.0548. The lowest BCUT2D eigenvalue weighted by molar-refractivity contribution is -0.142. The van der Waals surface area contributed by atoms with E-state index in [4.69, 9.17) is 9.47 Å². The van der Waals surface area contributed by atoms with Crippen LogP contribution < -0.4 is 10.1 Å². The van der Waals surface area contributed by atoms with Crippen molar-refractivity contribution < 1.29 is 28.7 Å². The Labute approximate surface area is 165 Å². The van der Waals surface area contributed by atoms with E-state index in [-0.39, 0.29) is 36.7 Å². The number of hydrogen-bond acceptors (Lipinski definition) is 7. The van der Waals surface area contributed by atoms with Gasteiger partial charge in [-0.2, -0.15) is 0 Å². The molecule has 28 heavy (non-hydrogen) atoms. The van der Waals surface area contributed by atoms with E-state index in [0.29, 0.717) is 17.0 Å². The van der Waals surface area contributed by atoms with Crippen LogP contribution in [0.1, 0.15) is 43.3 Å². The number of rotatable bonds is 7. The van der Waals surface area contributed by atoms with Gasteiger partial charge in [0.1, 0.15) is 5.75 Å². The first kappa shape index (κ1) is 19.8. The third-order valence-electron chi connectivity index (χ3n) is 4.20. The molecule has 0 saturated heterocycles. The molecule has 8 heteroatoms. The third kappa shape index (κ3) is 4.64. The molecule has 0 atom stereocenters. The number of fused-ring (bicyclic) bond motifs is 1. The number of ether oxygens (including phenoxy) is 2. The van der Waals surface area contributed by atoms with Gasteiger partial charge >= 0.3 is 5.97 Å². The fourth-order valence-electron chi connectivity index (χ4n) is 2.82. The number of amides is 1. The SMILES string of the molecule is Cc1cc(C(=O)CCC(=O)OCC(=O)c2ccc3c(c2)NC(=O)CO3)c(C)s1. The van der Waals surface area contributed by atoms with Crippen molar-refractivity contribution in [2.45, 2.75) is 26.7 Å². The van der Waals surface area contributed by atoms with Crippen molar-refractivity contribution in [1.29, 1.82) is 0 Å². The quantitative estimate of drug-likeness (QED) is 0.565. The molecule has 146 valence electrons. The van der Waals surface area contributed by atoms with Crippen LogP contribution in [-0.4, -0.2) is 36.7 Å². The van der Waals surface area contributed by atoms with Crippen molar-refractivity contribution in [3.8, 4) is 5.75 Å². The highest BCUT2D eigenvalue weighted by atomic mass is 32.1. The largest absolute Gasteiger partial charge is 0.482 e. The molecule has 3 rings (SSSR count). The van der Waals surface area contributed by atoms with Crippen LogP contribution in [0, 0.1) is 13.8 Å². The summed E-state index contributed by atoms with van der Waals surface area (Å²) in [6, 6.07) is 6.41. The molecule has 1 amide bonds. The van der Waals surface area contributed by atoms with Crippen LogP contribution in [0.2, 0.25) is 0 Å². The Bertz CT molecular complexity index is 962. The van der Waals surface area contributed by atoms with Crippen molar-refractivity contribution in [3.63, 3.8) is 0 Å². The van der Waals surface area contributed by atoms with E-state index in [1.54, 1.807) is 6.07 Å². The second-order valence-electron chi connectivity index (χ2n) is 6.38. The van der Waals surface area contributed by atoms with Crippen molar-refractivity contribution >= 4 is 40.5 Å². The molecule has 0 spiro atoms. The molecule has 0 bridgehead atoms. The Morgan fingerprint density at radius 2 is 1.93 bits per heavy atom. The minimum absolute atomic E-state index is 0.0340. The van der Waals surface area contributed by atoms with Crippen LogP contribution in [0.15, 0.2) is 24.3 Å². The second kappa shape index (κ2) is 8.35. The van der Waals surface area contributed by atoms with Crippen molar-refractivity contribution in [2.75, 3.05) is 18.5 Å². The molecular formula is C20H19NO6S. The van der Waals surface area contributed by atoms with Crippen LogP contribution >= 0.6 is 11.3 Å². The Balaban J connectivity index is 1.50. The molecule has 1 aliphatic rings. The molecule has 0 radical (unpaired) electrons. The number of carbonyl (C=O) groups excluding carboxylic acids is 4. The molecule has 1 aromatic carbocycles. The normalized spacial score (nSPS) is 12.6. The highest BCUT2D eigenvalue weighted by Gasteiger charge is 2.19. The summed E-state index contributed by atoms with van der Waals surface area (Å²) < 4.78 is 10.2. The van der Waals surface area contributed by atoms with E-state index >= 15 is 0 Å². The van der Waals surface area contributed by atoms with E-state index in [2.05, 4.69) is 5.32 Å². The Morgan fingerprint density at radius 3 is 2.64 bits per heavy atom. The van der Waals surface area contributed by atoms with Crippen LogP contribution in [0.3, 0.4) is 0 Å². The number of benzene rings is 1. The van der Waals surface area contributed by atoms with Gasteiger partial charge in [-0.3, -0.25) is 19.2 Å². The first-order valence-electron chi connectivity index (χ1n) is 8.69. The second-order valence-corrected chi connectivity index (χ2v) is 7.84. The summed E-state index contributed by atoms with van der Waals surface area (Å²) in [5, 5.41) is 2.61. The molecule has 2 heterocycles. The number of hydrogen-bond donors (Lipinski definition) is 1. The zero-order chi connectivity index (χ0) is 20.3. The monoisotopic (exact) mass is 401 g/mol. The number of nitrogens with one attached hydrogen (secondary N) is 1. The number of thiophene rings is 1. The lowest BCUT2D eigenvalue weighted by Gasteiger charge is -2.18. The first-order valence-corrected chi connectivity index (χ1v) is 9.51. The standard InChI is InChI=1S/C20H19NO6S/c1-11-7-14(12(2)28-11)16(22)4-6-20(25)27-9-17(23)13-3-5-18-15(8-13)21-19(24)10-26-18/h3,5,7-8H,4,6,9-10H2,1-2H3,(H,21,24). The highest BCUT2D eigenvalue weighted by molar-refractivity contribution is 7.12. The number of esters is 1. The summed E-state index contributed by atoms with van der Waals surface area (Å²) >= 11 is 1.54. The zero-order valence-electron chi connectivity index (χ0n) is 15.5. The minimum Gasteiger partial charge on any atom is -0.482 e. The van der Waals surface area contributed by atoms with E-state index in [9.17, 15) is 19.2 Å². The molecule has 0 aliphatic carbocycles. The molecule has 1 N–H and O–H groups in total. The molecule has 2 aromatic rings. The maximum absolute atomic E-state index is 12.2. The maximum atomic E-state index is 12.2. The smallest absolute Gasteiger partial charge is 0.306 e. The summed E-state index contributed by atoms with van der Waals surface area (Å²) in [6.45, 7) is 3.29. The molecule has 1 aromatic heterocycles. The van der Waals surface area contributed by atoms with Crippen molar-refractivity contribution in [3.05, 3.63) is 45.1 Å². The van der Waals surface area contributed by atoms with Crippen LogP contribution in [-0.2, 0) is 14.3 Å². The summed E-state index contributed by atoms with van der Waals surface area (Å²) in [7, 11) is 0. The van der Waals surface area contributed by atoms with Gasteiger partial charge in [-0.05, 0) is 38.1 Å². The van der Waals surface area contributed by atoms with E-state index in [0.717, 1.165) is 9.75 Å². The number of aryl methyl sites for hydroxylation is 2. The number of Topliss-reactive ketones (excluding diaryl/α,β-unsaturated/α-hetero) is 2. The van der Waals surface area contributed by atoms with Gasteiger partial charge in [-0.25, -0.2) is 0 Å². The first-order chi connectivity index (χ1) is 13.3. The number of carbonyl (C=O) groups is 4. The molecule has 0 fully saturated rings. The molecule has 0 saturated carbocycles. The maximum Gasteiger partial charge on any atom is 0.306 e. The average molecular weight is 401 g/mol. The minimum atomic E-state index is -0.610. The Morgan fingerprint density at radius 1 is 1.14 bits per heavy atom. The topological polar surface area (TPSA) is 98.8 Å². The lowest BCUT2D eigenvalue weighted by atomic mass is 10.1. The predicted molar refractivity (Wildman–Crippen MR) is 103 cm³/mol. The zero-order valence-corrected chi connectivity index (χ0v) is 16.3. The highest BCUT2D eigenvalue weighted by Crippen LogP contribution is 2.28. The van der Waals surface area contributed by atoms with Gasteiger partial charge < -0.3 is 14.8 Å². The van der Waals surface area contributed by atoms with E-state index in [1.165, 1.54) is 23.5 Å². The van der Waals surface area contributed by atoms with Gasteiger partial charge in [0.25, 0.3) is 5.91 Å². The molecular weight excluding hydrogens is 382 g/mol. The number of ketones is 2. The van der Waals surface area contributed by atoms with E-state index < -0.39 is 18.4 Å². The average Bonchev–Trinajstić information content (AvgIpc) is 3.01. The fraction of sp³-hybridized carbons (Fsp3) is 0.300. The summed E-state index contributed by atoms with van der Waals surface area (Å²) in [5.41, 5.74) is 1.32. The van der Waals surface area contributed by atoms with Gasteiger partial charge in [0.2, 0.25) is 0 Å². The van der Waals surface area contributed by atoms with Crippen LogP contribution in [0.25, 0.3) is 0 Å². The van der Waals surface area contributed by atoms with Gasteiger partial charge in [0.05, 0.1) is 12.1 Å². The van der Waals surface area contributed by atoms with E-state index in [1.807, 2.05) is 19.9 Å². The van der Waals surface area contributed by atoms with Crippen molar-refractivity contribution in [2.24, 2.45) is 0 Å². The van der Waals surface area contributed by atoms with Gasteiger partial charge in [-0.1, -0.05) is 0 Å². The Kier molecular flexibility index (Phi) is 5.89. The van der Waals surface area contributed by atoms with Crippen molar-refractivity contribution in [1.82, 2.24) is 0 Å². The van der Waals surface area contributed by atoms with Gasteiger partial charge in [0, 0.05) is 27.3 Å². The fourth-order valence-corrected chi connectivity index (χ4v) is 3.76. The third-order valence-corrected chi connectivity index (χ3v) is 5.16. The summed E-state index contributed by atoms with van der Waals surface area (Å²) in [5.74, 6) is -0.960. The van der Waals surface area contributed by atoms with Gasteiger partial charge in [-0.15, -0.1) is 11.3 Å². The molecule has 0 unspecified atom stereocenters. The summed E-state index contributed by atoms with van der Waals surface area (Å²) in [4.78, 5) is 49.6. The van der Waals surface area contributed by atoms with Crippen LogP contribution in [0.5, 0.6) is 5.75 Å². The molecule has 1 aliphatic heterocycles. The predicted octanol–water partition coefficient (Wildman–Crippen LogP) is 3.08. The van der Waals surface area contributed by atoms with Gasteiger partial charge in [0.15, 0.2) is 24.8 Å². The molecule has 7 nitrogen and oxygen atoms in total.